The summed E-state index contributed by atoms with van der Waals surface area (Å²) in [6, 6.07) is 15.6. The highest BCUT2D eigenvalue weighted by Crippen LogP contribution is 2.23. The third-order valence-electron chi connectivity index (χ3n) is 5.06. The first-order chi connectivity index (χ1) is 12.5. The van der Waals surface area contributed by atoms with Crippen molar-refractivity contribution >= 4 is 17.5 Å². The van der Waals surface area contributed by atoms with Crippen LogP contribution in [0, 0.1) is 12.8 Å². The Morgan fingerprint density at radius 2 is 1.77 bits per heavy atom. The van der Waals surface area contributed by atoms with Crippen molar-refractivity contribution in [3.05, 3.63) is 65.2 Å². The second-order valence-corrected chi connectivity index (χ2v) is 6.87. The van der Waals surface area contributed by atoms with Crippen LogP contribution in [0.3, 0.4) is 0 Å². The van der Waals surface area contributed by atoms with E-state index in [9.17, 15) is 9.59 Å². The number of nitrogens with one attached hydrogen (secondary N) is 1. The summed E-state index contributed by atoms with van der Waals surface area (Å²) in [6.07, 6.45) is 1.68. The number of carbonyl (C=O) groups excluding carboxylic acids is 2. The molecule has 0 aromatic heterocycles. The predicted octanol–water partition coefficient (Wildman–Crippen LogP) is 2.94. The second kappa shape index (κ2) is 8.15. The highest BCUT2D eigenvalue weighted by molar-refractivity contribution is 5.99. The maximum atomic E-state index is 12.6. The van der Waals surface area contributed by atoms with Crippen molar-refractivity contribution in [2.24, 2.45) is 11.7 Å². The number of hydrogen-bond donors (Lipinski definition) is 2. The average molecular weight is 351 g/mol. The van der Waals surface area contributed by atoms with Crippen molar-refractivity contribution in [1.82, 2.24) is 4.90 Å². The Bertz CT molecular complexity index is 781. The molecule has 3 rings (SSSR count). The second-order valence-electron chi connectivity index (χ2n) is 6.87. The van der Waals surface area contributed by atoms with E-state index in [4.69, 9.17) is 5.73 Å². The maximum Gasteiger partial charge on any atom is 0.249 e. The number of primary amides is 1. The number of benzene rings is 2. The zero-order valence-corrected chi connectivity index (χ0v) is 15.1. The fourth-order valence-electron chi connectivity index (χ4n) is 3.47. The topological polar surface area (TPSA) is 75.4 Å². The molecule has 2 aromatic rings. The van der Waals surface area contributed by atoms with Crippen LogP contribution < -0.4 is 11.1 Å². The summed E-state index contributed by atoms with van der Waals surface area (Å²) in [6.45, 7) is 4.55. The summed E-state index contributed by atoms with van der Waals surface area (Å²) in [5, 5.41) is 2.97. The van der Waals surface area contributed by atoms with Crippen LogP contribution in [0.2, 0.25) is 0 Å². The molecule has 0 radical (unpaired) electrons. The van der Waals surface area contributed by atoms with Crippen LogP contribution in [0.1, 0.15) is 34.3 Å². The fraction of sp³-hybridized carbons (Fsp3) is 0.333. The van der Waals surface area contributed by atoms with Gasteiger partial charge in [-0.1, -0.05) is 36.4 Å². The molecule has 1 fully saturated rings. The van der Waals surface area contributed by atoms with Crippen LogP contribution in [0.5, 0.6) is 0 Å². The van der Waals surface area contributed by atoms with Gasteiger partial charge in [0.2, 0.25) is 11.8 Å². The quantitative estimate of drug-likeness (QED) is 0.870. The number of rotatable bonds is 5. The third-order valence-corrected chi connectivity index (χ3v) is 5.06. The van der Waals surface area contributed by atoms with Gasteiger partial charge in [-0.05, 0) is 56.1 Å². The van der Waals surface area contributed by atoms with Crippen molar-refractivity contribution < 1.29 is 9.59 Å². The van der Waals surface area contributed by atoms with Gasteiger partial charge in [0.15, 0.2) is 0 Å². The van der Waals surface area contributed by atoms with E-state index in [-0.39, 0.29) is 11.8 Å². The molecule has 3 N–H and O–H groups in total. The highest BCUT2D eigenvalue weighted by atomic mass is 16.2. The van der Waals surface area contributed by atoms with Gasteiger partial charge in [0.25, 0.3) is 0 Å². The van der Waals surface area contributed by atoms with Crippen LogP contribution in [-0.2, 0) is 11.3 Å². The van der Waals surface area contributed by atoms with Gasteiger partial charge in [0, 0.05) is 23.7 Å². The first-order valence-electron chi connectivity index (χ1n) is 9.01. The van der Waals surface area contributed by atoms with E-state index < -0.39 is 5.91 Å². The molecule has 26 heavy (non-hydrogen) atoms. The number of hydrogen-bond acceptors (Lipinski definition) is 3. The number of likely N-dealkylation sites (tertiary alicyclic amines) is 1. The van der Waals surface area contributed by atoms with Gasteiger partial charge in [0.05, 0.1) is 0 Å². The monoisotopic (exact) mass is 351 g/mol. The lowest BCUT2D eigenvalue weighted by molar-refractivity contribution is -0.121. The van der Waals surface area contributed by atoms with Gasteiger partial charge in [0.1, 0.15) is 0 Å². The van der Waals surface area contributed by atoms with Crippen LogP contribution in [0.15, 0.2) is 48.5 Å². The number of nitrogens with zero attached hydrogens (tertiary/aromatic N) is 1. The van der Waals surface area contributed by atoms with Crippen molar-refractivity contribution in [2.75, 3.05) is 18.4 Å². The Morgan fingerprint density at radius 3 is 2.42 bits per heavy atom. The lowest BCUT2D eigenvalue weighted by atomic mass is 9.95. The first kappa shape index (κ1) is 18.1. The van der Waals surface area contributed by atoms with Crippen molar-refractivity contribution in [2.45, 2.75) is 26.3 Å². The summed E-state index contributed by atoms with van der Waals surface area (Å²) in [5.41, 5.74) is 8.51. The summed E-state index contributed by atoms with van der Waals surface area (Å²) in [4.78, 5) is 26.5. The van der Waals surface area contributed by atoms with E-state index in [0.29, 0.717) is 11.3 Å². The van der Waals surface area contributed by atoms with Crippen LogP contribution >= 0.6 is 0 Å². The number of carbonyl (C=O) groups is 2. The number of anilines is 1. The molecule has 0 saturated carbocycles. The van der Waals surface area contributed by atoms with E-state index in [1.807, 2.05) is 12.1 Å². The molecule has 1 heterocycles. The van der Waals surface area contributed by atoms with Crippen molar-refractivity contribution in [3.8, 4) is 0 Å². The summed E-state index contributed by atoms with van der Waals surface area (Å²) in [7, 11) is 0. The molecule has 1 saturated heterocycles. The predicted molar refractivity (Wildman–Crippen MR) is 103 cm³/mol. The molecule has 0 bridgehead atoms. The Labute approximate surface area is 154 Å². The first-order valence-corrected chi connectivity index (χ1v) is 9.01. The number of piperidine rings is 1. The van der Waals surface area contributed by atoms with E-state index in [2.05, 4.69) is 34.5 Å². The largest absolute Gasteiger partial charge is 0.366 e. The Hall–Kier alpha value is -2.66. The van der Waals surface area contributed by atoms with Gasteiger partial charge in [-0.3, -0.25) is 14.5 Å². The van der Waals surface area contributed by atoms with Gasteiger partial charge in [-0.25, -0.2) is 0 Å². The number of amides is 2. The normalized spacial score (nSPS) is 15.6. The smallest absolute Gasteiger partial charge is 0.249 e. The van der Waals surface area contributed by atoms with Crippen molar-refractivity contribution in [1.29, 1.82) is 0 Å². The van der Waals surface area contributed by atoms with Gasteiger partial charge in [-0.15, -0.1) is 0 Å². The lowest BCUT2D eigenvalue weighted by Gasteiger charge is -2.31. The highest BCUT2D eigenvalue weighted by Gasteiger charge is 2.25. The molecule has 0 spiro atoms. The minimum absolute atomic E-state index is 0.00124. The Balaban J connectivity index is 1.56. The molecule has 136 valence electrons. The fourth-order valence-corrected chi connectivity index (χ4v) is 3.47. The SMILES string of the molecule is Cc1c(NC(=O)C2CCN(Cc3ccccc3)CC2)cccc1C(N)=O. The zero-order chi connectivity index (χ0) is 18.5. The van der Waals surface area contributed by atoms with Crippen LogP contribution in [-0.4, -0.2) is 29.8 Å². The van der Waals surface area contributed by atoms with E-state index in [1.165, 1.54) is 5.56 Å². The maximum absolute atomic E-state index is 12.6. The summed E-state index contributed by atoms with van der Waals surface area (Å²) < 4.78 is 0. The average Bonchev–Trinajstić information content (AvgIpc) is 2.64. The molecule has 0 aliphatic carbocycles. The lowest BCUT2D eigenvalue weighted by Crippen LogP contribution is -2.37. The molecule has 2 aromatic carbocycles. The minimum Gasteiger partial charge on any atom is -0.366 e. The molecule has 0 unspecified atom stereocenters. The summed E-state index contributed by atoms with van der Waals surface area (Å²) >= 11 is 0. The van der Waals surface area contributed by atoms with Crippen molar-refractivity contribution in [3.63, 3.8) is 0 Å². The number of nitrogens with two attached hydrogens (primary N) is 1. The van der Waals surface area contributed by atoms with Gasteiger partial charge in [-0.2, -0.15) is 0 Å². The molecule has 1 aliphatic rings. The standard InChI is InChI=1S/C21H25N3O2/c1-15-18(20(22)25)8-5-9-19(15)23-21(26)17-10-12-24(13-11-17)14-16-6-3-2-4-7-16/h2-9,17H,10-14H2,1H3,(H2,22,25)(H,23,26). The molecule has 5 heteroatoms. The summed E-state index contributed by atoms with van der Waals surface area (Å²) in [5.74, 6) is -0.458. The minimum atomic E-state index is -0.479. The molecular weight excluding hydrogens is 326 g/mol. The Morgan fingerprint density at radius 1 is 1.08 bits per heavy atom. The van der Waals surface area contributed by atoms with Gasteiger partial charge < -0.3 is 11.1 Å². The molecule has 0 atom stereocenters. The third kappa shape index (κ3) is 4.29. The zero-order valence-electron chi connectivity index (χ0n) is 15.1. The molecule has 5 nitrogen and oxygen atoms in total. The van der Waals surface area contributed by atoms with Crippen LogP contribution in [0.4, 0.5) is 5.69 Å². The van der Waals surface area contributed by atoms with E-state index in [1.54, 1.807) is 19.1 Å². The van der Waals surface area contributed by atoms with Crippen LogP contribution in [0.25, 0.3) is 0 Å². The molecule has 2 amide bonds. The van der Waals surface area contributed by atoms with Gasteiger partial charge >= 0.3 is 0 Å². The molecular formula is C21H25N3O2. The Kier molecular flexibility index (Phi) is 5.68. The van der Waals surface area contributed by atoms with E-state index >= 15 is 0 Å². The molecule has 1 aliphatic heterocycles. The van der Waals surface area contributed by atoms with E-state index in [0.717, 1.165) is 38.0 Å².